The van der Waals surface area contributed by atoms with Gasteiger partial charge in [0.05, 0.1) is 11.5 Å². The number of aromatic nitrogens is 1. The highest BCUT2D eigenvalue weighted by Crippen LogP contribution is 2.35. The summed E-state index contributed by atoms with van der Waals surface area (Å²) in [5.74, 6) is -0.551. The second-order valence-corrected chi connectivity index (χ2v) is 8.17. The molecule has 1 aromatic carbocycles. The van der Waals surface area contributed by atoms with Crippen LogP contribution in [0.5, 0.6) is 0 Å². The van der Waals surface area contributed by atoms with Gasteiger partial charge in [-0.1, -0.05) is 6.92 Å². The molecule has 0 aliphatic rings. The third-order valence-electron chi connectivity index (χ3n) is 4.42. The Labute approximate surface area is 159 Å². The molecular weight excluding hydrogens is 371 g/mol. The number of hydrogen-bond acceptors (Lipinski definition) is 4. The van der Waals surface area contributed by atoms with Crippen LogP contribution in [0.1, 0.15) is 31.0 Å². The third-order valence-corrected chi connectivity index (χ3v) is 6.35. The van der Waals surface area contributed by atoms with Crippen LogP contribution in [0.3, 0.4) is 0 Å². The predicted molar refractivity (Wildman–Crippen MR) is 101 cm³/mol. The van der Waals surface area contributed by atoms with Crippen molar-refractivity contribution in [3.63, 3.8) is 0 Å². The number of benzene rings is 1. The second-order valence-electron chi connectivity index (χ2n) is 6.29. The molecule has 0 fully saturated rings. The third kappa shape index (κ3) is 4.39. The van der Waals surface area contributed by atoms with Crippen LogP contribution in [0.25, 0.3) is 0 Å². The smallest absolute Gasteiger partial charge is 0.225 e. The van der Waals surface area contributed by atoms with E-state index in [-0.39, 0.29) is 27.9 Å². The Morgan fingerprint density at radius 1 is 1.22 bits per heavy atom. The summed E-state index contributed by atoms with van der Waals surface area (Å²) in [4.78, 5) is 12.2. The van der Waals surface area contributed by atoms with E-state index in [2.05, 4.69) is 5.32 Å². The van der Waals surface area contributed by atoms with Gasteiger partial charge in [-0.2, -0.15) is 0 Å². The minimum atomic E-state index is -3.95. The average molecular weight is 396 g/mol. The van der Waals surface area contributed by atoms with Gasteiger partial charge in [0.2, 0.25) is 15.7 Å². The van der Waals surface area contributed by atoms with E-state index < -0.39 is 15.7 Å². The molecule has 8 heteroatoms. The van der Waals surface area contributed by atoms with Crippen molar-refractivity contribution in [1.82, 2.24) is 4.57 Å². The van der Waals surface area contributed by atoms with Crippen LogP contribution in [0.4, 0.5) is 10.2 Å². The van der Waals surface area contributed by atoms with E-state index in [1.807, 2.05) is 6.92 Å². The minimum absolute atomic E-state index is 0.0260. The van der Waals surface area contributed by atoms with Gasteiger partial charge in [0.15, 0.2) is 0 Å². The lowest BCUT2D eigenvalue weighted by atomic mass is 10.3. The Morgan fingerprint density at radius 2 is 1.85 bits per heavy atom. The molecule has 0 atom stereocenters. The number of sulfone groups is 1. The van der Waals surface area contributed by atoms with Crippen molar-refractivity contribution in [2.75, 3.05) is 19.0 Å². The molecule has 0 aliphatic heterocycles. The van der Waals surface area contributed by atoms with E-state index in [0.29, 0.717) is 25.1 Å². The summed E-state index contributed by atoms with van der Waals surface area (Å²) in [6, 6.07) is 4.66. The lowest BCUT2D eigenvalue weighted by molar-refractivity contribution is -0.116. The zero-order valence-corrected chi connectivity index (χ0v) is 16.8. The fourth-order valence-corrected chi connectivity index (χ4v) is 4.60. The summed E-state index contributed by atoms with van der Waals surface area (Å²) in [7, 11) is -2.39. The van der Waals surface area contributed by atoms with Crippen molar-refractivity contribution in [2.45, 2.75) is 49.9 Å². The molecular formula is C19H25FN2O4S. The van der Waals surface area contributed by atoms with Gasteiger partial charge in [-0.3, -0.25) is 4.79 Å². The van der Waals surface area contributed by atoms with Gasteiger partial charge in [-0.05, 0) is 50.1 Å². The molecule has 2 rings (SSSR count). The van der Waals surface area contributed by atoms with Crippen LogP contribution in [0, 0.1) is 19.7 Å². The fourth-order valence-electron chi connectivity index (χ4n) is 2.90. The summed E-state index contributed by atoms with van der Waals surface area (Å²) >= 11 is 0. The molecule has 0 aliphatic carbocycles. The van der Waals surface area contributed by atoms with Gasteiger partial charge in [0, 0.05) is 25.8 Å². The van der Waals surface area contributed by atoms with Crippen molar-refractivity contribution in [1.29, 1.82) is 0 Å². The number of ether oxygens (including phenoxy) is 1. The molecule has 0 spiro atoms. The Kier molecular flexibility index (Phi) is 6.78. The van der Waals surface area contributed by atoms with Crippen LogP contribution in [0.15, 0.2) is 34.1 Å². The number of hydrogen-bond donors (Lipinski definition) is 1. The summed E-state index contributed by atoms with van der Waals surface area (Å²) in [5, 5.41) is 2.75. The van der Waals surface area contributed by atoms with E-state index in [1.165, 1.54) is 12.1 Å². The Hall–Kier alpha value is -2.19. The molecule has 2 aromatic rings. The van der Waals surface area contributed by atoms with Gasteiger partial charge in [-0.25, -0.2) is 12.8 Å². The van der Waals surface area contributed by atoms with Gasteiger partial charge in [0.25, 0.3) is 0 Å². The lowest BCUT2D eigenvalue weighted by Crippen LogP contribution is -2.18. The van der Waals surface area contributed by atoms with Crippen molar-refractivity contribution in [3.05, 3.63) is 41.3 Å². The SMILES string of the molecule is CCCC(=O)Nc1c(S(=O)(=O)c2ccc(F)cc2)c(C)c(C)n1CCOC. The average Bonchev–Trinajstić information content (AvgIpc) is 2.84. The number of carbonyl (C=O) groups is 1. The zero-order chi connectivity index (χ0) is 20.2. The van der Waals surface area contributed by atoms with E-state index in [0.717, 1.165) is 17.8 Å². The first kappa shape index (κ1) is 21.1. The number of halogens is 1. The first-order chi connectivity index (χ1) is 12.7. The first-order valence-electron chi connectivity index (χ1n) is 8.73. The quantitative estimate of drug-likeness (QED) is 0.693. The Bertz CT molecular complexity index is 918. The second kappa shape index (κ2) is 8.67. The Morgan fingerprint density at radius 3 is 2.41 bits per heavy atom. The van der Waals surface area contributed by atoms with Crippen molar-refractivity contribution >= 4 is 21.6 Å². The number of nitrogens with zero attached hydrogens (tertiary/aromatic N) is 1. The summed E-state index contributed by atoms with van der Waals surface area (Å²) in [5.41, 5.74) is 1.27. The summed E-state index contributed by atoms with van der Waals surface area (Å²) < 4.78 is 46.6. The van der Waals surface area contributed by atoms with E-state index >= 15 is 0 Å². The largest absolute Gasteiger partial charge is 0.383 e. The number of rotatable bonds is 8. The fraction of sp³-hybridized carbons (Fsp3) is 0.421. The number of methoxy groups -OCH3 is 1. The molecule has 0 saturated heterocycles. The van der Waals surface area contributed by atoms with E-state index in [1.54, 1.807) is 25.5 Å². The molecule has 1 N–H and O–H groups in total. The lowest BCUT2D eigenvalue weighted by Gasteiger charge is -2.14. The predicted octanol–water partition coefficient (Wildman–Crippen LogP) is 3.46. The molecule has 0 radical (unpaired) electrons. The molecule has 0 unspecified atom stereocenters. The molecule has 0 bridgehead atoms. The first-order valence-corrected chi connectivity index (χ1v) is 10.2. The monoisotopic (exact) mass is 396 g/mol. The molecule has 1 amide bonds. The summed E-state index contributed by atoms with van der Waals surface area (Å²) in [6.07, 6.45) is 0.923. The van der Waals surface area contributed by atoms with Crippen LogP contribution >= 0.6 is 0 Å². The van der Waals surface area contributed by atoms with E-state index in [4.69, 9.17) is 4.74 Å². The van der Waals surface area contributed by atoms with Crippen LogP contribution in [0.2, 0.25) is 0 Å². The van der Waals surface area contributed by atoms with Gasteiger partial charge in [-0.15, -0.1) is 0 Å². The van der Waals surface area contributed by atoms with Crippen molar-refractivity contribution in [3.8, 4) is 0 Å². The van der Waals surface area contributed by atoms with Crippen LogP contribution in [-0.2, 0) is 25.9 Å². The number of nitrogens with one attached hydrogen (secondary N) is 1. The molecule has 6 nitrogen and oxygen atoms in total. The Balaban J connectivity index is 2.66. The highest BCUT2D eigenvalue weighted by molar-refractivity contribution is 7.91. The van der Waals surface area contributed by atoms with Gasteiger partial charge in [0.1, 0.15) is 16.5 Å². The van der Waals surface area contributed by atoms with Crippen LogP contribution < -0.4 is 5.32 Å². The molecule has 27 heavy (non-hydrogen) atoms. The maximum absolute atomic E-state index is 13.2. The number of anilines is 1. The standard InChI is InChI=1S/C19H25FN2O4S/c1-5-6-17(23)21-19-18(13(2)14(3)22(19)11-12-26-4)27(24,25)16-9-7-15(20)8-10-16/h7-10H,5-6,11-12H2,1-4H3,(H,21,23). The summed E-state index contributed by atoms with van der Waals surface area (Å²) in [6.45, 7) is 6.12. The number of carbonyl (C=O) groups excluding carboxylic acids is 1. The van der Waals surface area contributed by atoms with E-state index in [9.17, 15) is 17.6 Å². The normalized spacial score (nSPS) is 11.6. The highest BCUT2D eigenvalue weighted by atomic mass is 32.2. The molecule has 1 heterocycles. The topological polar surface area (TPSA) is 77.4 Å². The number of amides is 1. The van der Waals surface area contributed by atoms with Gasteiger partial charge >= 0.3 is 0 Å². The van der Waals surface area contributed by atoms with Gasteiger partial charge < -0.3 is 14.6 Å². The highest BCUT2D eigenvalue weighted by Gasteiger charge is 2.30. The maximum atomic E-state index is 13.2. The molecule has 0 saturated carbocycles. The van der Waals surface area contributed by atoms with Crippen molar-refractivity contribution in [2.24, 2.45) is 0 Å². The minimum Gasteiger partial charge on any atom is -0.383 e. The maximum Gasteiger partial charge on any atom is 0.225 e. The molecule has 148 valence electrons. The van der Waals surface area contributed by atoms with Crippen LogP contribution in [-0.4, -0.2) is 32.6 Å². The molecule has 1 aromatic heterocycles. The van der Waals surface area contributed by atoms with Crippen molar-refractivity contribution < 1.29 is 22.3 Å². The zero-order valence-electron chi connectivity index (χ0n) is 16.0.